The van der Waals surface area contributed by atoms with Crippen molar-refractivity contribution in [2.45, 2.75) is 38.9 Å². The summed E-state index contributed by atoms with van der Waals surface area (Å²) in [6, 6.07) is 2.80. The fraction of sp³-hybridized carbons (Fsp3) is 0.600. The third kappa shape index (κ3) is 9.61. The van der Waals surface area contributed by atoms with Gasteiger partial charge in [0.15, 0.2) is 0 Å². The second-order valence-corrected chi connectivity index (χ2v) is 6.33. The molecule has 170 valence electrons. The van der Waals surface area contributed by atoms with Crippen molar-refractivity contribution in [3.05, 3.63) is 34.4 Å². The molecule has 1 rings (SSSR count). The largest absolute Gasteiger partial charge is 0.478 e. The molecule has 0 unspecified atom stereocenters. The zero-order valence-corrected chi connectivity index (χ0v) is 16.9. The average Bonchev–Trinajstić information content (AvgIpc) is 2.71. The Kier molecular flexibility index (Phi) is 13.6. The molecule has 0 aliphatic rings. The van der Waals surface area contributed by atoms with E-state index in [1.165, 1.54) is 12.1 Å². The summed E-state index contributed by atoms with van der Waals surface area (Å²) in [4.78, 5) is 23.4. The van der Waals surface area contributed by atoms with E-state index in [9.17, 15) is 19.8 Å². The van der Waals surface area contributed by atoms with E-state index in [-0.39, 0.29) is 43.5 Å². The number of rotatable bonds is 18. The molecular weight excluding hydrogens is 400 g/mol. The van der Waals surface area contributed by atoms with Gasteiger partial charge in [-0.3, -0.25) is 0 Å². The molecule has 0 atom stereocenters. The van der Waals surface area contributed by atoms with Gasteiger partial charge in [-0.2, -0.15) is 0 Å². The van der Waals surface area contributed by atoms with E-state index in [4.69, 9.17) is 29.2 Å². The van der Waals surface area contributed by atoms with Crippen molar-refractivity contribution in [2.75, 3.05) is 40.0 Å². The van der Waals surface area contributed by atoms with Gasteiger partial charge in [0.05, 0.1) is 24.3 Å². The molecule has 0 fully saturated rings. The first-order valence-electron chi connectivity index (χ1n) is 9.67. The number of aliphatic hydroxyl groups is 2. The quantitative estimate of drug-likeness (QED) is 0.200. The van der Waals surface area contributed by atoms with Crippen LogP contribution >= 0.6 is 0 Å². The lowest BCUT2D eigenvalue weighted by molar-refractivity contribution is -0.00548. The topological polar surface area (TPSA) is 152 Å². The van der Waals surface area contributed by atoms with Crippen molar-refractivity contribution >= 4 is 11.9 Å². The minimum Gasteiger partial charge on any atom is -0.478 e. The van der Waals surface area contributed by atoms with Crippen LogP contribution in [0.3, 0.4) is 0 Å². The van der Waals surface area contributed by atoms with Crippen LogP contribution < -0.4 is 0 Å². The lowest BCUT2D eigenvalue weighted by Crippen LogP contribution is -2.15. The fourth-order valence-electron chi connectivity index (χ4n) is 2.74. The van der Waals surface area contributed by atoms with Crippen LogP contribution in [-0.4, -0.2) is 72.4 Å². The number of unbranched alkanes of at least 4 members (excludes halogenated alkanes) is 2. The number of carboxylic acid groups (broad SMARTS) is 2. The summed E-state index contributed by atoms with van der Waals surface area (Å²) < 4.78 is 20.6. The minimum atomic E-state index is -1.25. The van der Waals surface area contributed by atoms with Gasteiger partial charge in [-0.15, -0.1) is 0 Å². The minimum absolute atomic E-state index is 0.0217. The van der Waals surface area contributed by atoms with Gasteiger partial charge in [-0.25, -0.2) is 9.59 Å². The Bertz CT molecular complexity index is 647. The fourth-order valence-corrected chi connectivity index (χ4v) is 2.74. The van der Waals surface area contributed by atoms with Crippen molar-refractivity contribution in [1.29, 1.82) is 0 Å². The molecule has 10 nitrogen and oxygen atoms in total. The molecule has 0 amide bonds. The summed E-state index contributed by atoms with van der Waals surface area (Å²) in [6.45, 7) is 0.626. The summed E-state index contributed by atoms with van der Waals surface area (Å²) >= 11 is 0. The third-order valence-corrected chi connectivity index (χ3v) is 4.18. The number of hydrogen-bond donors (Lipinski definition) is 4. The lowest BCUT2D eigenvalue weighted by atomic mass is 9.96. The summed E-state index contributed by atoms with van der Waals surface area (Å²) in [5, 5.41) is 36.2. The van der Waals surface area contributed by atoms with Gasteiger partial charge in [-0.1, -0.05) is 6.07 Å². The molecule has 0 heterocycles. The van der Waals surface area contributed by atoms with E-state index in [1.54, 1.807) is 0 Å². The average molecular weight is 430 g/mol. The van der Waals surface area contributed by atoms with Crippen molar-refractivity contribution in [2.24, 2.45) is 0 Å². The van der Waals surface area contributed by atoms with Crippen LogP contribution in [0.4, 0.5) is 0 Å². The van der Waals surface area contributed by atoms with Crippen LogP contribution in [0.25, 0.3) is 0 Å². The van der Waals surface area contributed by atoms with Crippen LogP contribution in [0.1, 0.15) is 57.5 Å². The summed E-state index contributed by atoms with van der Waals surface area (Å²) in [5.41, 5.74) is 0.219. The summed E-state index contributed by atoms with van der Waals surface area (Å²) in [5.74, 6) is -2.48. The highest BCUT2D eigenvalue weighted by Gasteiger charge is 2.22. The lowest BCUT2D eigenvalue weighted by Gasteiger charge is -2.15. The molecule has 1 aromatic carbocycles. The van der Waals surface area contributed by atoms with Gasteiger partial charge in [0.1, 0.15) is 13.6 Å². The number of benzene rings is 1. The molecule has 0 bridgehead atoms. The molecule has 0 saturated carbocycles. The van der Waals surface area contributed by atoms with E-state index in [2.05, 4.69) is 0 Å². The standard InChI is InChI=1S/C20H30O10/c21-13-29-9-3-1-7-27-11-15-5-6-16(19(23)24)17(18(15)20(25)26)12-28-8-2-4-10-30-14-22/h5-6,21-22H,1-4,7-14H2,(H,23,24)(H,25,26). The SMILES string of the molecule is O=C(O)c1ccc(COCCCCOCO)c(C(=O)O)c1COCCCCOCO. The predicted molar refractivity (Wildman–Crippen MR) is 104 cm³/mol. The Morgan fingerprint density at radius 1 is 0.700 bits per heavy atom. The molecule has 30 heavy (non-hydrogen) atoms. The highest BCUT2D eigenvalue weighted by atomic mass is 16.6. The second-order valence-electron chi connectivity index (χ2n) is 6.33. The van der Waals surface area contributed by atoms with Crippen LogP contribution in [0.15, 0.2) is 12.1 Å². The van der Waals surface area contributed by atoms with Crippen LogP contribution in [-0.2, 0) is 32.2 Å². The first kappa shape index (κ1) is 26.0. The molecule has 0 spiro atoms. The first-order valence-corrected chi connectivity index (χ1v) is 9.67. The zero-order chi connectivity index (χ0) is 22.2. The van der Waals surface area contributed by atoms with Crippen LogP contribution in [0.5, 0.6) is 0 Å². The molecule has 0 aliphatic carbocycles. The van der Waals surface area contributed by atoms with Crippen LogP contribution in [0.2, 0.25) is 0 Å². The first-order chi connectivity index (χ1) is 14.5. The summed E-state index contributed by atoms with van der Waals surface area (Å²) in [6.07, 6.45) is 2.63. The molecular formula is C20H30O10. The number of carbonyl (C=O) groups is 2. The van der Waals surface area contributed by atoms with Crippen molar-refractivity contribution < 1.29 is 49.0 Å². The third-order valence-electron chi connectivity index (χ3n) is 4.18. The van der Waals surface area contributed by atoms with Crippen LogP contribution in [0, 0.1) is 0 Å². The normalized spacial score (nSPS) is 11.0. The Balaban J connectivity index is 2.74. The second kappa shape index (κ2) is 15.7. The van der Waals surface area contributed by atoms with E-state index < -0.39 is 11.9 Å². The maximum atomic E-state index is 11.8. The van der Waals surface area contributed by atoms with Crippen molar-refractivity contribution in [1.82, 2.24) is 0 Å². The number of carboxylic acids is 2. The molecule has 4 N–H and O–H groups in total. The molecule has 0 radical (unpaired) electrons. The van der Waals surface area contributed by atoms with Gasteiger partial charge < -0.3 is 39.4 Å². The highest BCUT2D eigenvalue weighted by molar-refractivity contribution is 5.97. The monoisotopic (exact) mass is 430 g/mol. The highest BCUT2D eigenvalue weighted by Crippen LogP contribution is 2.22. The van der Waals surface area contributed by atoms with Gasteiger partial charge in [0.2, 0.25) is 0 Å². The Labute approximate surface area is 174 Å². The molecule has 10 heteroatoms. The van der Waals surface area contributed by atoms with Gasteiger partial charge in [-0.05, 0) is 37.3 Å². The van der Waals surface area contributed by atoms with Gasteiger partial charge >= 0.3 is 11.9 Å². The Morgan fingerprint density at radius 2 is 1.20 bits per heavy atom. The zero-order valence-electron chi connectivity index (χ0n) is 16.9. The summed E-state index contributed by atoms with van der Waals surface area (Å²) in [7, 11) is 0. The predicted octanol–water partition coefficient (Wildman–Crippen LogP) is 1.61. The maximum Gasteiger partial charge on any atom is 0.336 e. The molecule has 0 aromatic heterocycles. The van der Waals surface area contributed by atoms with Gasteiger partial charge in [0.25, 0.3) is 0 Å². The van der Waals surface area contributed by atoms with E-state index in [0.717, 1.165) is 0 Å². The van der Waals surface area contributed by atoms with Crippen molar-refractivity contribution in [3.63, 3.8) is 0 Å². The van der Waals surface area contributed by atoms with E-state index in [0.29, 0.717) is 57.7 Å². The van der Waals surface area contributed by atoms with Gasteiger partial charge in [0, 0.05) is 32.0 Å². The number of aliphatic hydroxyl groups excluding tert-OH is 2. The maximum absolute atomic E-state index is 11.8. The van der Waals surface area contributed by atoms with E-state index in [1.807, 2.05) is 0 Å². The Hall–Kier alpha value is -2.08. The number of hydrogen-bond acceptors (Lipinski definition) is 8. The van der Waals surface area contributed by atoms with E-state index >= 15 is 0 Å². The molecule has 0 aliphatic heterocycles. The van der Waals surface area contributed by atoms with Crippen molar-refractivity contribution in [3.8, 4) is 0 Å². The molecule has 1 aromatic rings. The smallest absolute Gasteiger partial charge is 0.336 e. The number of ether oxygens (including phenoxy) is 4. The molecule has 0 saturated heterocycles. The number of aromatic carboxylic acids is 2. The Morgan fingerprint density at radius 3 is 1.67 bits per heavy atom.